The minimum absolute atomic E-state index is 0.0621. The highest BCUT2D eigenvalue weighted by Crippen LogP contribution is 2.26. The molecule has 0 aliphatic carbocycles. The van der Waals surface area contributed by atoms with Crippen molar-refractivity contribution in [2.75, 3.05) is 31.0 Å². The Morgan fingerprint density at radius 3 is 2.15 bits per heavy atom. The van der Waals surface area contributed by atoms with E-state index < -0.39 is 34.3 Å². The maximum absolute atomic E-state index is 14.0. The number of anilines is 1. The summed E-state index contributed by atoms with van der Waals surface area (Å²) in [7, 11) is -2.78. The van der Waals surface area contributed by atoms with E-state index in [1.54, 1.807) is 0 Å². The molecule has 1 N–H and O–H groups in total. The molecule has 0 bridgehead atoms. The average Bonchev–Trinajstić information content (AvgIpc) is 2.97. The SMILES string of the molecule is CC[C@H](C(=O)NCC(C)C)N(CCc1ccccc1)C(=O)CN(c1ccc(F)cc1)S(=O)(=O)c1ccc(OC)cc1. The fourth-order valence-electron chi connectivity index (χ4n) is 4.33. The number of nitrogens with zero attached hydrogens (tertiary/aromatic N) is 2. The molecule has 0 saturated carbocycles. The van der Waals surface area contributed by atoms with Crippen molar-refractivity contribution in [3.8, 4) is 5.75 Å². The molecule has 220 valence electrons. The zero-order valence-electron chi connectivity index (χ0n) is 23.9. The number of carbonyl (C=O) groups excluding carboxylic acids is 2. The molecule has 0 unspecified atom stereocenters. The number of rotatable bonds is 14. The zero-order valence-corrected chi connectivity index (χ0v) is 24.7. The molecule has 0 aliphatic rings. The van der Waals surface area contributed by atoms with Crippen molar-refractivity contribution in [2.24, 2.45) is 5.92 Å². The lowest BCUT2D eigenvalue weighted by molar-refractivity contribution is -0.139. The lowest BCUT2D eigenvalue weighted by Gasteiger charge is -2.33. The highest BCUT2D eigenvalue weighted by Gasteiger charge is 2.33. The molecular weight excluding hydrogens is 545 g/mol. The monoisotopic (exact) mass is 583 g/mol. The molecule has 0 spiro atoms. The van der Waals surface area contributed by atoms with Gasteiger partial charge in [0.25, 0.3) is 10.0 Å². The van der Waals surface area contributed by atoms with Crippen LogP contribution >= 0.6 is 0 Å². The maximum atomic E-state index is 14.0. The van der Waals surface area contributed by atoms with Gasteiger partial charge in [-0.15, -0.1) is 0 Å². The normalized spacial score (nSPS) is 12.0. The topological polar surface area (TPSA) is 96.0 Å². The first-order valence-electron chi connectivity index (χ1n) is 13.6. The lowest BCUT2D eigenvalue weighted by Crippen LogP contribution is -2.53. The van der Waals surface area contributed by atoms with Crippen LogP contribution < -0.4 is 14.4 Å². The van der Waals surface area contributed by atoms with Crippen LogP contribution in [0.4, 0.5) is 10.1 Å². The summed E-state index contributed by atoms with van der Waals surface area (Å²) in [6.45, 7) is 5.84. The van der Waals surface area contributed by atoms with Gasteiger partial charge in [0.05, 0.1) is 17.7 Å². The molecule has 1 atom stereocenters. The summed E-state index contributed by atoms with van der Waals surface area (Å²) >= 11 is 0. The minimum atomic E-state index is -4.25. The van der Waals surface area contributed by atoms with Crippen LogP contribution in [0.5, 0.6) is 5.75 Å². The molecule has 3 aromatic rings. The van der Waals surface area contributed by atoms with Crippen molar-refractivity contribution in [3.63, 3.8) is 0 Å². The zero-order chi connectivity index (χ0) is 30.0. The molecule has 10 heteroatoms. The molecular formula is C31H38FN3O5S. The Hall–Kier alpha value is -3.92. The number of methoxy groups -OCH3 is 1. The first-order chi connectivity index (χ1) is 19.6. The molecule has 0 aliphatic heterocycles. The Morgan fingerprint density at radius 2 is 1.59 bits per heavy atom. The van der Waals surface area contributed by atoms with E-state index in [1.807, 2.05) is 51.1 Å². The first kappa shape index (κ1) is 31.6. The molecule has 0 radical (unpaired) electrons. The number of hydrogen-bond donors (Lipinski definition) is 1. The van der Waals surface area contributed by atoms with Crippen LogP contribution in [0, 0.1) is 11.7 Å². The third-order valence-electron chi connectivity index (χ3n) is 6.60. The summed E-state index contributed by atoms with van der Waals surface area (Å²) in [5, 5.41) is 2.91. The van der Waals surface area contributed by atoms with Gasteiger partial charge in [0.1, 0.15) is 24.2 Å². The van der Waals surface area contributed by atoms with E-state index in [0.717, 1.165) is 22.0 Å². The van der Waals surface area contributed by atoms with E-state index in [2.05, 4.69) is 5.32 Å². The number of sulfonamides is 1. The van der Waals surface area contributed by atoms with Gasteiger partial charge in [-0.3, -0.25) is 13.9 Å². The van der Waals surface area contributed by atoms with E-state index in [-0.39, 0.29) is 29.0 Å². The van der Waals surface area contributed by atoms with Crippen LogP contribution in [-0.4, -0.2) is 57.9 Å². The lowest BCUT2D eigenvalue weighted by atomic mass is 10.1. The summed E-state index contributed by atoms with van der Waals surface area (Å²) in [5.74, 6) is -0.700. The second-order valence-corrected chi connectivity index (χ2v) is 11.9. The van der Waals surface area contributed by atoms with Crippen LogP contribution in [0.2, 0.25) is 0 Å². The largest absolute Gasteiger partial charge is 0.497 e. The first-order valence-corrected chi connectivity index (χ1v) is 15.0. The van der Waals surface area contributed by atoms with Crippen LogP contribution in [0.3, 0.4) is 0 Å². The second kappa shape index (κ2) is 14.6. The van der Waals surface area contributed by atoms with E-state index in [1.165, 1.54) is 48.4 Å². The highest BCUT2D eigenvalue weighted by molar-refractivity contribution is 7.92. The molecule has 0 heterocycles. The van der Waals surface area contributed by atoms with Gasteiger partial charge in [0, 0.05) is 13.1 Å². The Balaban J connectivity index is 1.99. The number of ether oxygens (including phenoxy) is 1. The Morgan fingerprint density at radius 1 is 0.951 bits per heavy atom. The van der Waals surface area contributed by atoms with E-state index in [0.29, 0.717) is 25.1 Å². The molecule has 41 heavy (non-hydrogen) atoms. The third kappa shape index (κ3) is 8.53. The van der Waals surface area contributed by atoms with Crippen LogP contribution in [0.25, 0.3) is 0 Å². The molecule has 2 amide bonds. The maximum Gasteiger partial charge on any atom is 0.264 e. The standard InChI is InChI=1S/C31H38FN3O5S/c1-5-29(31(37)33-21-23(2)3)34(20-19-24-9-7-6-8-10-24)30(36)22-35(26-13-11-25(32)12-14-26)41(38,39)28-17-15-27(40-4)16-18-28/h6-18,23,29H,5,19-22H2,1-4H3,(H,33,37)/t29-/m1/s1. The predicted octanol–water partition coefficient (Wildman–Crippen LogP) is 4.65. The number of halogens is 1. The van der Waals surface area contributed by atoms with Gasteiger partial charge in [-0.1, -0.05) is 51.1 Å². The van der Waals surface area contributed by atoms with Gasteiger partial charge in [0.15, 0.2) is 0 Å². The van der Waals surface area contributed by atoms with Gasteiger partial charge in [-0.2, -0.15) is 0 Å². The second-order valence-electron chi connectivity index (χ2n) is 10.0. The summed E-state index contributed by atoms with van der Waals surface area (Å²) in [6.07, 6.45) is 0.814. The predicted molar refractivity (Wildman–Crippen MR) is 158 cm³/mol. The summed E-state index contributed by atoms with van der Waals surface area (Å²) in [4.78, 5) is 28.6. The molecule has 3 rings (SSSR count). The number of hydrogen-bond acceptors (Lipinski definition) is 5. The van der Waals surface area contributed by atoms with Crippen LogP contribution in [0.1, 0.15) is 32.8 Å². The van der Waals surface area contributed by atoms with Crippen molar-refractivity contribution in [3.05, 3.63) is 90.2 Å². The number of nitrogens with one attached hydrogen (secondary N) is 1. The van der Waals surface area contributed by atoms with Gasteiger partial charge >= 0.3 is 0 Å². The van der Waals surface area contributed by atoms with Gasteiger partial charge in [0.2, 0.25) is 11.8 Å². The quantitative estimate of drug-likeness (QED) is 0.298. The Bertz CT molecular complexity index is 1380. The van der Waals surface area contributed by atoms with Crippen molar-refractivity contribution >= 4 is 27.5 Å². The third-order valence-corrected chi connectivity index (χ3v) is 8.38. The van der Waals surface area contributed by atoms with Crippen LogP contribution in [-0.2, 0) is 26.0 Å². The Labute approximate surface area is 242 Å². The Kier molecular flexibility index (Phi) is 11.3. The minimum Gasteiger partial charge on any atom is -0.497 e. The van der Waals surface area contributed by atoms with Gasteiger partial charge in [-0.05, 0) is 72.9 Å². The van der Waals surface area contributed by atoms with Gasteiger partial charge in [-0.25, -0.2) is 12.8 Å². The molecule has 0 aromatic heterocycles. The fraction of sp³-hybridized carbons (Fsp3) is 0.355. The van der Waals surface area contributed by atoms with E-state index in [4.69, 9.17) is 4.74 Å². The van der Waals surface area contributed by atoms with Crippen molar-refractivity contribution in [1.82, 2.24) is 10.2 Å². The highest BCUT2D eigenvalue weighted by atomic mass is 32.2. The summed E-state index contributed by atoms with van der Waals surface area (Å²) < 4.78 is 47.6. The average molecular weight is 584 g/mol. The van der Waals surface area contributed by atoms with E-state index >= 15 is 0 Å². The smallest absolute Gasteiger partial charge is 0.264 e. The fourth-order valence-corrected chi connectivity index (χ4v) is 5.74. The molecule has 0 saturated heterocycles. The molecule has 0 fully saturated rings. The van der Waals surface area contributed by atoms with Crippen molar-refractivity contribution in [2.45, 2.75) is 44.6 Å². The van der Waals surface area contributed by atoms with Gasteiger partial charge < -0.3 is 15.0 Å². The molecule has 3 aromatic carbocycles. The van der Waals surface area contributed by atoms with Crippen molar-refractivity contribution in [1.29, 1.82) is 0 Å². The van der Waals surface area contributed by atoms with Crippen molar-refractivity contribution < 1.29 is 27.1 Å². The molecule has 8 nitrogen and oxygen atoms in total. The van der Waals surface area contributed by atoms with Crippen LogP contribution in [0.15, 0.2) is 83.8 Å². The summed E-state index contributed by atoms with van der Waals surface area (Å²) in [6, 6.07) is 19.4. The number of benzene rings is 3. The summed E-state index contributed by atoms with van der Waals surface area (Å²) in [5.41, 5.74) is 1.10. The van der Waals surface area contributed by atoms with E-state index in [9.17, 15) is 22.4 Å². The number of amides is 2. The number of carbonyl (C=O) groups is 2.